The summed E-state index contributed by atoms with van der Waals surface area (Å²) in [6.45, 7) is 2.40. The Morgan fingerprint density at radius 3 is 2.54 bits per heavy atom. The monoisotopic (exact) mass is 499 g/mol. The van der Waals surface area contributed by atoms with E-state index in [1.807, 2.05) is 23.6 Å². The summed E-state index contributed by atoms with van der Waals surface area (Å²) in [5.41, 5.74) is 8.80. The largest absolute Gasteiger partial charge is 0.380 e. The lowest BCUT2D eigenvalue weighted by Gasteiger charge is -2.14. The maximum absolute atomic E-state index is 16.1. The molecule has 0 amide bonds. The zero-order chi connectivity index (χ0) is 25.8. The van der Waals surface area contributed by atoms with Gasteiger partial charge in [0.05, 0.1) is 23.3 Å². The lowest BCUT2D eigenvalue weighted by atomic mass is 10.0. The smallest absolute Gasteiger partial charge is 0.174 e. The number of nitrogen functional groups attached to an aromatic ring is 1. The van der Waals surface area contributed by atoms with Crippen LogP contribution in [0.3, 0.4) is 0 Å². The summed E-state index contributed by atoms with van der Waals surface area (Å²) < 4.78 is 40.1. The van der Waals surface area contributed by atoms with Gasteiger partial charge in [-0.1, -0.05) is 17.3 Å². The van der Waals surface area contributed by atoms with Crippen LogP contribution in [0.1, 0.15) is 11.5 Å². The summed E-state index contributed by atoms with van der Waals surface area (Å²) in [5, 5.41) is 9.56. The van der Waals surface area contributed by atoms with Crippen molar-refractivity contribution in [2.45, 2.75) is 13.5 Å². The second-order valence-corrected chi connectivity index (χ2v) is 9.18. The molecule has 0 aliphatic heterocycles. The summed E-state index contributed by atoms with van der Waals surface area (Å²) in [5.74, 6) is -0.102. The lowest BCUT2D eigenvalue weighted by Crippen LogP contribution is -2.14. The fourth-order valence-corrected chi connectivity index (χ4v) is 4.63. The summed E-state index contributed by atoms with van der Waals surface area (Å²) in [6.07, 6.45) is 3.45. The van der Waals surface area contributed by atoms with E-state index >= 15 is 8.78 Å². The van der Waals surface area contributed by atoms with Crippen molar-refractivity contribution in [2.24, 2.45) is 0 Å². The number of halogens is 2. The molecule has 186 valence electrons. The Bertz CT molecular complexity index is 1800. The van der Waals surface area contributed by atoms with Crippen LogP contribution in [0.4, 0.5) is 14.6 Å². The van der Waals surface area contributed by atoms with Gasteiger partial charge >= 0.3 is 0 Å². The molecule has 0 aliphatic rings. The van der Waals surface area contributed by atoms with Gasteiger partial charge < -0.3 is 19.7 Å². The number of anilines is 1. The van der Waals surface area contributed by atoms with Crippen molar-refractivity contribution in [3.63, 3.8) is 0 Å². The Kier molecular flexibility index (Phi) is 5.27. The Balaban J connectivity index is 1.47. The van der Waals surface area contributed by atoms with Crippen molar-refractivity contribution in [3.8, 4) is 22.5 Å². The number of hydrogen-bond donors (Lipinski definition) is 1. The van der Waals surface area contributed by atoms with E-state index in [4.69, 9.17) is 10.3 Å². The van der Waals surface area contributed by atoms with E-state index in [0.29, 0.717) is 40.0 Å². The van der Waals surface area contributed by atoms with E-state index in [1.165, 1.54) is 10.7 Å². The van der Waals surface area contributed by atoms with Gasteiger partial charge in [0.2, 0.25) is 0 Å². The van der Waals surface area contributed by atoms with Gasteiger partial charge in [-0.3, -0.25) is 0 Å². The summed E-state index contributed by atoms with van der Waals surface area (Å²) in [4.78, 5) is 6.35. The maximum atomic E-state index is 16.1. The Hall–Kier alpha value is -4.57. The molecule has 2 N–H and O–H groups in total. The first-order valence-electron chi connectivity index (χ1n) is 11.6. The molecule has 0 saturated heterocycles. The first-order chi connectivity index (χ1) is 17.8. The van der Waals surface area contributed by atoms with Crippen LogP contribution in [0.15, 0.2) is 65.4 Å². The third-order valence-corrected chi connectivity index (χ3v) is 6.39. The van der Waals surface area contributed by atoms with Crippen molar-refractivity contribution < 1.29 is 13.3 Å². The Morgan fingerprint density at radius 1 is 0.973 bits per heavy atom. The molecule has 0 spiro atoms. The number of benzene rings is 3. The standard InChI is InChI=1S/C27H23F2N7O/c1-15-18-7-8-20(19-6-4-16(13-22(19)28)35-11-10-31-24(35)14-34(2)3)25(29)26(18)36(32-15)17-5-9-23-21(12-17)27(30)33-37-23/h4-13H,14H2,1-3H3,(H2,30,33). The second kappa shape index (κ2) is 8.52. The number of fused-ring (bicyclic) bond motifs is 2. The molecule has 0 unspecified atom stereocenters. The number of nitrogens with zero attached hydrogens (tertiary/aromatic N) is 6. The molecule has 3 aromatic heterocycles. The molecule has 6 aromatic rings. The predicted octanol–water partition coefficient (Wildman–Crippen LogP) is 5.25. The summed E-state index contributed by atoms with van der Waals surface area (Å²) >= 11 is 0. The number of rotatable bonds is 5. The average Bonchev–Trinajstić information content (AvgIpc) is 3.57. The first-order valence-corrected chi connectivity index (χ1v) is 11.6. The highest BCUT2D eigenvalue weighted by Gasteiger charge is 2.20. The topological polar surface area (TPSA) is 90.9 Å². The average molecular weight is 500 g/mol. The fourth-order valence-electron chi connectivity index (χ4n) is 4.63. The molecule has 3 heterocycles. The van der Waals surface area contributed by atoms with Gasteiger partial charge in [-0.25, -0.2) is 18.4 Å². The Morgan fingerprint density at radius 2 is 1.76 bits per heavy atom. The SMILES string of the molecule is Cc1nn(-c2ccc3onc(N)c3c2)c2c(F)c(-c3ccc(-n4ccnc4CN(C)C)cc3F)ccc12. The van der Waals surface area contributed by atoms with E-state index in [0.717, 1.165) is 5.82 Å². The number of hydrogen-bond acceptors (Lipinski definition) is 6. The van der Waals surface area contributed by atoms with Gasteiger partial charge in [0, 0.05) is 34.6 Å². The third kappa shape index (κ3) is 3.73. The van der Waals surface area contributed by atoms with E-state index in [-0.39, 0.29) is 22.5 Å². The number of imidazole rings is 1. The van der Waals surface area contributed by atoms with Crippen LogP contribution in [0.5, 0.6) is 0 Å². The molecule has 0 bridgehead atoms. The van der Waals surface area contributed by atoms with Crippen molar-refractivity contribution in [3.05, 3.63) is 84.1 Å². The van der Waals surface area contributed by atoms with Crippen molar-refractivity contribution in [2.75, 3.05) is 19.8 Å². The van der Waals surface area contributed by atoms with E-state index in [9.17, 15) is 0 Å². The van der Waals surface area contributed by atoms with Crippen LogP contribution in [0.2, 0.25) is 0 Å². The minimum Gasteiger partial charge on any atom is -0.380 e. The first kappa shape index (κ1) is 22.9. The highest BCUT2D eigenvalue weighted by Crippen LogP contribution is 2.34. The van der Waals surface area contributed by atoms with Crippen LogP contribution >= 0.6 is 0 Å². The summed E-state index contributed by atoms with van der Waals surface area (Å²) in [7, 11) is 3.88. The zero-order valence-electron chi connectivity index (χ0n) is 20.4. The number of nitrogens with two attached hydrogens (primary N) is 1. The van der Waals surface area contributed by atoms with Crippen molar-refractivity contribution in [1.82, 2.24) is 29.4 Å². The molecule has 0 radical (unpaired) electrons. The van der Waals surface area contributed by atoms with Gasteiger partial charge in [-0.05, 0) is 57.4 Å². The van der Waals surface area contributed by atoms with Crippen LogP contribution < -0.4 is 5.73 Å². The number of aromatic nitrogens is 5. The van der Waals surface area contributed by atoms with Crippen LogP contribution in [0, 0.1) is 18.6 Å². The van der Waals surface area contributed by atoms with Crippen LogP contribution in [-0.4, -0.2) is 43.5 Å². The molecular formula is C27H23F2N7O. The molecule has 10 heteroatoms. The van der Waals surface area contributed by atoms with Gasteiger partial charge in [-0.15, -0.1) is 0 Å². The van der Waals surface area contributed by atoms with Crippen molar-refractivity contribution >= 4 is 27.7 Å². The quantitative estimate of drug-likeness (QED) is 0.348. The Labute approximate surface area is 210 Å². The predicted molar refractivity (Wildman–Crippen MR) is 138 cm³/mol. The van der Waals surface area contributed by atoms with E-state index < -0.39 is 11.6 Å². The second-order valence-electron chi connectivity index (χ2n) is 9.18. The van der Waals surface area contributed by atoms with Crippen molar-refractivity contribution in [1.29, 1.82) is 0 Å². The molecule has 6 rings (SSSR count). The fraction of sp³-hybridized carbons (Fsp3) is 0.148. The molecular weight excluding hydrogens is 476 g/mol. The highest BCUT2D eigenvalue weighted by molar-refractivity contribution is 5.91. The minimum absolute atomic E-state index is 0.141. The van der Waals surface area contributed by atoms with Gasteiger partial charge in [0.1, 0.15) is 17.2 Å². The number of aryl methyl sites for hydroxylation is 1. The minimum atomic E-state index is -0.570. The molecule has 37 heavy (non-hydrogen) atoms. The normalized spacial score (nSPS) is 11.8. The van der Waals surface area contributed by atoms with E-state index in [1.54, 1.807) is 61.8 Å². The molecule has 3 aromatic carbocycles. The van der Waals surface area contributed by atoms with Gasteiger partial charge in [0.25, 0.3) is 0 Å². The molecule has 0 fully saturated rings. The molecule has 0 saturated carbocycles. The molecule has 0 aliphatic carbocycles. The van der Waals surface area contributed by atoms with E-state index in [2.05, 4.69) is 15.2 Å². The van der Waals surface area contributed by atoms with Crippen LogP contribution in [0.25, 0.3) is 44.4 Å². The summed E-state index contributed by atoms with van der Waals surface area (Å²) in [6, 6.07) is 13.3. The zero-order valence-corrected chi connectivity index (χ0v) is 20.4. The third-order valence-electron chi connectivity index (χ3n) is 6.39. The van der Waals surface area contributed by atoms with Gasteiger partial charge in [0.15, 0.2) is 17.2 Å². The van der Waals surface area contributed by atoms with Crippen LogP contribution in [-0.2, 0) is 6.54 Å². The lowest BCUT2D eigenvalue weighted by molar-refractivity contribution is 0.388. The highest BCUT2D eigenvalue weighted by atomic mass is 19.1. The molecule has 8 nitrogen and oxygen atoms in total. The van der Waals surface area contributed by atoms with Gasteiger partial charge in [-0.2, -0.15) is 5.10 Å². The maximum Gasteiger partial charge on any atom is 0.174 e. The molecule has 0 atom stereocenters.